The SMILES string of the molecule is CC1=C(C(=O)Nc2ccccc2C)C(c2cccc(OCc3ccc(C)cc3)c2)n2nnnc2N1. The Hall–Kier alpha value is -4.46. The molecule has 0 aliphatic carbocycles. The number of rotatable bonds is 6. The number of nitrogens with zero attached hydrogens (tertiary/aromatic N) is 4. The number of benzene rings is 3. The van der Waals surface area contributed by atoms with Crippen LogP contribution in [0.25, 0.3) is 0 Å². The van der Waals surface area contributed by atoms with Gasteiger partial charge in [0.25, 0.3) is 5.91 Å². The van der Waals surface area contributed by atoms with Crippen LogP contribution in [-0.4, -0.2) is 26.1 Å². The zero-order chi connectivity index (χ0) is 24.4. The van der Waals surface area contributed by atoms with Crippen molar-refractivity contribution >= 4 is 17.5 Å². The number of nitrogens with one attached hydrogen (secondary N) is 2. The van der Waals surface area contributed by atoms with E-state index in [2.05, 4.69) is 57.3 Å². The molecule has 2 N–H and O–H groups in total. The summed E-state index contributed by atoms with van der Waals surface area (Å²) < 4.78 is 7.70. The number of fused-ring (bicyclic) bond motifs is 1. The van der Waals surface area contributed by atoms with Crippen LogP contribution < -0.4 is 15.4 Å². The molecule has 4 aromatic rings. The highest BCUT2D eigenvalue weighted by Gasteiger charge is 2.34. The maximum absolute atomic E-state index is 13.5. The molecule has 5 rings (SSSR count). The summed E-state index contributed by atoms with van der Waals surface area (Å²) in [5.41, 5.74) is 6.09. The molecular weight excluding hydrogens is 440 g/mol. The fourth-order valence-electron chi connectivity index (χ4n) is 4.14. The molecular formula is C27H26N6O2. The molecule has 0 saturated heterocycles. The highest BCUT2D eigenvalue weighted by atomic mass is 16.5. The molecule has 35 heavy (non-hydrogen) atoms. The number of para-hydroxylation sites is 1. The Balaban J connectivity index is 1.46. The van der Waals surface area contributed by atoms with Crippen LogP contribution in [0.4, 0.5) is 11.6 Å². The van der Waals surface area contributed by atoms with Crippen molar-refractivity contribution in [3.8, 4) is 5.75 Å². The predicted octanol–water partition coefficient (Wildman–Crippen LogP) is 4.80. The lowest BCUT2D eigenvalue weighted by Gasteiger charge is -2.28. The van der Waals surface area contributed by atoms with E-state index >= 15 is 0 Å². The lowest BCUT2D eigenvalue weighted by Crippen LogP contribution is -2.31. The third-order valence-corrected chi connectivity index (χ3v) is 6.05. The highest BCUT2D eigenvalue weighted by molar-refractivity contribution is 6.06. The van der Waals surface area contributed by atoms with E-state index in [1.165, 1.54) is 5.56 Å². The fraction of sp³-hybridized carbons (Fsp3) is 0.185. The molecule has 8 nitrogen and oxygen atoms in total. The Bertz CT molecular complexity index is 1410. The number of hydrogen-bond donors (Lipinski definition) is 2. The highest BCUT2D eigenvalue weighted by Crippen LogP contribution is 2.36. The number of carbonyl (C=O) groups excluding carboxylic acids is 1. The van der Waals surface area contributed by atoms with Gasteiger partial charge in [-0.05, 0) is 66.1 Å². The van der Waals surface area contributed by atoms with Crippen LogP contribution in [0, 0.1) is 13.8 Å². The molecule has 0 radical (unpaired) electrons. The monoisotopic (exact) mass is 466 g/mol. The Morgan fingerprint density at radius 1 is 1.03 bits per heavy atom. The van der Waals surface area contributed by atoms with Crippen molar-refractivity contribution in [3.05, 3.63) is 106 Å². The van der Waals surface area contributed by atoms with Crippen molar-refractivity contribution in [2.75, 3.05) is 10.6 Å². The molecule has 1 unspecified atom stereocenters. The summed E-state index contributed by atoms with van der Waals surface area (Å²) in [7, 11) is 0. The van der Waals surface area contributed by atoms with Crippen LogP contribution in [0.5, 0.6) is 5.75 Å². The second kappa shape index (κ2) is 9.42. The van der Waals surface area contributed by atoms with Crippen molar-refractivity contribution in [1.29, 1.82) is 0 Å². The summed E-state index contributed by atoms with van der Waals surface area (Å²) in [6.45, 7) is 6.32. The molecule has 2 heterocycles. The minimum absolute atomic E-state index is 0.221. The van der Waals surface area contributed by atoms with E-state index in [1.807, 2.05) is 62.4 Å². The van der Waals surface area contributed by atoms with Gasteiger partial charge in [0.05, 0.1) is 5.57 Å². The number of hydrogen-bond acceptors (Lipinski definition) is 6. The van der Waals surface area contributed by atoms with Crippen molar-refractivity contribution in [3.63, 3.8) is 0 Å². The maximum Gasteiger partial charge on any atom is 0.255 e. The number of aromatic nitrogens is 4. The minimum atomic E-state index is -0.520. The maximum atomic E-state index is 13.5. The number of amides is 1. The van der Waals surface area contributed by atoms with Crippen molar-refractivity contribution in [2.24, 2.45) is 0 Å². The summed E-state index contributed by atoms with van der Waals surface area (Å²) >= 11 is 0. The quantitative estimate of drug-likeness (QED) is 0.424. The van der Waals surface area contributed by atoms with Crippen LogP contribution >= 0.6 is 0 Å². The number of anilines is 2. The van der Waals surface area contributed by atoms with E-state index < -0.39 is 6.04 Å². The van der Waals surface area contributed by atoms with Crippen molar-refractivity contribution < 1.29 is 9.53 Å². The molecule has 0 saturated carbocycles. The molecule has 1 amide bonds. The lowest BCUT2D eigenvalue weighted by atomic mass is 9.94. The smallest absolute Gasteiger partial charge is 0.255 e. The third-order valence-electron chi connectivity index (χ3n) is 6.05. The summed E-state index contributed by atoms with van der Waals surface area (Å²) in [6, 6.07) is 23.1. The van der Waals surface area contributed by atoms with Gasteiger partial charge in [-0.25, -0.2) is 0 Å². The first-order valence-corrected chi connectivity index (χ1v) is 11.4. The molecule has 3 aromatic carbocycles. The number of aryl methyl sites for hydroxylation is 2. The molecule has 8 heteroatoms. The van der Waals surface area contributed by atoms with Gasteiger partial charge in [-0.15, -0.1) is 0 Å². The minimum Gasteiger partial charge on any atom is -0.489 e. The van der Waals surface area contributed by atoms with Crippen LogP contribution in [0.2, 0.25) is 0 Å². The molecule has 1 aromatic heterocycles. The zero-order valence-electron chi connectivity index (χ0n) is 19.8. The van der Waals surface area contributed by atoms with Crippen molar-refractivity contribution in [2.45, 2.75) is 33.4 Å². The van der Waals surface area contributed by atoms with Gasteiger partial charge in [0.2, 0.25) is 5.95 Å². The first kappa shape index (κ1) is 22.3. The number of allylic oxidation sites excluding steroid dienone is 1. The summed E-state index contributed by atoms with van der Waals surface area (Å²) in [5.74, 6) is 0.958. The van der Waals surface area contributed by atoms with E-state index in [1.54, 1.807) is 4.68 Å². The summed E-state index contributed by atoms with van der Waals surface area (Å²) in [4.78, 5) is 13.5. The summed E-state index contributed by atoms with van der Waals surface area (Å²) in [5, 5.41) is 18.3. The first-order valence-electron chi connectivity index (χ1n) is 11.4. The zero-order valence-corrected chi connectivity index (χ0v) is 19.8. The van der Waals surface area contributed by atoms with Gasteiger partial charge >= 0.3 is 0 Å². The van der Waals surface area contributed by atoms with E-state index in [0.29, 0.717) is 29.6 Å². The van der Waals surface area contributed by atoms with Gasteiger partial charge in [-0.1, -0.05) is 65.3 Å². The third kappa shape index (κ3) is 4.63. The standard InChI is InChI=1S/C27H26N6O2/c1-17-11-13-20(14-12-17)16-35-22-9-6-8-21(15-22)25-24(19(3)28-27-30-31-32-33(25)27)26(34)29-23-10-5-4-7-18(23)2/h4-15,25H,16H2,1-3H3,(H,29,34)(H,28,30,32). The average molecular weight is 467 g/mol. The van der Waals surface area contributed by atoms with Crippen LogP contribution in [0.3, 0.4) is 0 Å². The fourth-order valence-corrected chi connectivity index (χ4v) is 4.14. The number of carbonyl (C=O) groups is 1. The van der Waals surface area contributed by atoms with E-state index in [4.69, 9.17) is 4.74 Å². The van der Waals surface area contributed by atoms with Gasteiger partial charge in [0.15, 0.2) is 0 Å². The number of ether oxygens (including phenoxy) is 1. The van der Waals surface area contributed by atoms with Crippen LogP contribution in [0.15, 0.2) is 84.1 Å². The van der Waals surface area contributed by atoms with Gasteiger partial charge in [-0.3, -0.25) is 4.79 Å². The van der Waals surface area contributed by atoms with E-state index in [0.717, 1.165) is 22.4 Å². The Morgan fingerprint density at radius 2 is 1.83 bits per heavy atom. The van der Waals surface area contributed by atoms with Gasteiger partial charge in [0.1, 0.15) is 18.4 Å². The molecule has 1 aliphatic heterocycles. The van der Waals surface area contributed by atoms with Crippen LogP contribution in [-0.2, 0) is 11.4 Å². The Labute approximate surface area is 203 Å². The Morgan fingerprint density at radius 3 is 2.63 bits per heavy atom. The molecule has 1 aliphatic rings. The van der Waals surface area contributed by atoms with Gasteiger partial charge in [0, 0.05) is 11.4 Å². The van der Waals surface area contributed by atoms with E-state index in [9.17, 15) is 4.79 Å². The molecule has 0 fully saturated rings. The topological polar surface area (TPSA) is 94.0 Å². The second-order valence-corrected chi connectivity index (χ2v) is 8.63. The van der Waals surface area contributed by atoms with E-state index in [-0.39, 0.29) is 5.91 Å². The van der Waals surface area contributed by atoms with Crippen LogP contribution in [0.1, 0.15) is 35.2 Å². The molecule has 0 spiro atoms. The Kier molecular flexibility index (Phi) is 6.01. The van der Waals surface area contributed by atoms with Gasteiger partial charge < -0.3 is 15.4 Å². The first-order chi connectivity index (χ1) is 17.0. The molecule has 1 atom stereocenters. The predicted molar refractivity (Wildman–Crippen MR) is 134 cm³/mol. The molecule has 176 valence electrons. The second-order valence-electron chi connectivity index (χ2n) is 8.63. The summed E-state index contributed by atoms with van der Waals surface area (Å²) in [6.07, 6.45) is 0. The van der Waals surface area contributed by atoms with Gasteiger partial charge in [-0.2, -0.15) is 4.68 Å². The lowest BCUT2D eigenvalue weighted by molar-refractivity contribution is -0.113. The normalized spacial score (nSPS) is 14.8. The van der Waals surface area contributed by atoms with Crippen molar-refractivity contribution in [1.82, 2.24) is 20.2 Å². The average Bonchev–Trinajstić information content (AvgIpc) is 3.32. The largest absolute Gasteiger partial charge is 0.489 e. The molecule has 0 bridgehead atoms. The number of tetrazole rings is 1.